The van der Waals surface area contributed by atoms with E-state index in [1.807, 2.05) is 0 Å². The molecular formula is C11H10ClFN4. The first-order chi connectivity index (χ1) is 8.20. The van der Waals surface area contributed by atoms with E-state index in [9.17, 15) is 4.39 Å². The zero-order chi connectivity index (χ0) is 12.3. The molecule has 0 spiro atoms. The number of hydrazine groups is 1. The number of hydrogen-bond donors (Lipinski definition) is 3. The number of nitrogens with two attached hydrogens (primary N) is 1. The van der Waals surface area contributed by atoms with Gasteiger partial charge in [-0.3, -0.25) is 0 Å². The fourth-order valence-corrected chi connectivity index (χ4v) is 1.50. The lowest BCUT2D eigenvalue weighted by molar-refractivity contribution is 0.632. The molecule has 1 aromatic carbocycles. The third-order valence-corrected chi connectivity index (χ3v) is 2.40. The van der Waals surface area contributed by atoms with Gasteiger partial charge in [-0.15, -0.1) is 0 Å². The van der Waals surface area contributed by atoms with Crippen molar-refractivity contribution in [1.29, 1.82) is 0 Å². The summed E-state index contributed by atoms with van der Waals surface area (Å²) in [6.45, 7) is 0. The third kappa shape index (κ3) is 2.64. The van der Waals surface area contributed by atoms with Crippen molar-refractivity contribution in [2.24, 2.45) is 5.84 Å². The highest BCUT2D eigenvalue weighted by molar-refractivity contribution is 6.31. The van der Waals surface area contributed by atoms with Crippen LogP contribution in [0.3, 0.4) is 0 Å². The number of nitrogens with one attached hydrogen (secondary N) is 2. The largest absolute Gasteiger partial charge is 0.338 e. The Morgan fingerprint density at radius 2 is 1.82 bits per heavy atom. The molecule has 0 fully saturated rings. The molecule has 6 heteroatoms. The molecule has 17 heavy (non-hydrogen) atoms. The van der Waals surface area contributed by atoms with E-state index in [0.29, 0.717) is 11.6 Å². The van der Waals surface area contributed by atoms with Crippen molar-refractivity contribution in [3.05, 3.63) is 47.2 Å². The molecule has 0 unspecified atom stereocenters. The van der Waals surface area contributed by atoms with Gasteiger partial charge in [-0.05, 0) is 24.3 Å². The van der Waals surface area contributed by atoms with Crippen molar-refractivity contribution in [1.82, 2.24) is 4.98 Å². The molecule has 4 N–H and O–H groups in total. The molecule has 0 aliphatic carbocycles. The molecular weight excluding hydrogens is 243 g/mol. The first-order valence-corrected chi connectivity index (χ1v) is 5.23. The number of pyridine rings is 1. The molecule has 1 aromatic heterocycles. The van der Waals surface area contributed by atoms with Gasteiger partial charge < -0.3 is 10.7 Å². The summed E-state index contributed by atoms with van der Waals surface area (Å²) in [5.41, 5.74) is 2.67. The first kappa shape index (κ1) is 11.6. The Morgan fingerprint density at radius 1 is 1.12 bits per heavy atom. The van der Waals surface area contributed by atoms with Crippen molar-refractivity contribution in [3.8, 4) is 0 Å². The van der Waals surface area contributed by atoms with E-state index in [-0.39, 0.29) is 10.7 Å². The predicted molar refractivity (Wildman–Crippen MR) is 66.7 cm³/mol. The van der Waals surface area contributed by atoms with Gasteiger partial charge in [0, 0.05) is 0 Å². The van der Waals surface area contributed by atoms with Gasteiger partial charge in [0.05, 0.1) is 10.7 Å². The minimum Gasteiger partial charge on any atom is -0.338 e. The zero-order valence-electron chi connectivity index (χ0n) is 8.74. The number of rotatable bonds is 3. The maximum Gasteiger partial charge on any atom is 0.165 e. The molecule has 88 valence electrons. The summed E-state index contributed by atoms with van der Waals surface area (Å²) in [6.07, 6.45) is 0. The first-order valence-electron chi connectivity index (χ1n) is 4.85. The smallest absolute Gasteiger partial charge is 0.165 e. The number of nitrogen functional groups attached to an aromatic ring is 1. The lowest BCUT2D eigenvalue weighted by Crippen LogP contribution is -2.09. The number of halogens is 2. The lowest BCUT2D eigenvalue weighted by Gasteiger charge is -2.08. The van der Waals surface area contributed by atoms with E-state index >= 15 is 0 Å². The highest BCUT2D eigenvalue weighted by Crippen LogP contribution is 2.24. The quantitative estimate of drug-likeness (QED) is 0.581. The van der Waals surface area contributed by atoms with Gasteiger partial charge in [0.25, 0.3) is 0 Å². The third-order valence-electron chi connectivity index (χ3n) is 2.11. The van der Waals surface area contributed by atoms with E-state index in [1.165, 1.54) is 6.07 Å². The van der Waals surface area contributed by atoms with E-state index in [0.717, 1.165) is 0 Å². The Kier molecular flexibility index (Phi) is 3.41. The Hall–Kier alpha value is -1.85. The SMILES string of the molecule is NNc1cccc(Nc2cccc(Cl)c2F)n1. The molecule has 2 aromatic rings. The molecule has 1 heterocycles. The average Bonchev–Trinajstić information content (AvgIpc) is 2.35. The van der Waals surface area contributed by atoms with Crippen LogP contribution in [-0.4, -0.2) is 4.98 Å². The molecule has 0 radical (unpaired) electrons. The number of hydrogen-bond acceptors (Lipinski definition) is 4. The number of benzene rings is 1. The summed E-state index contributed by atoms with van der Waals surface area (Å²) in [4.78, 5) is 4.10. The summed E-state index contributed by atoms with van der Waals surface area (Å²) in [5, 5.41) is 2.88. The average molecular weight is 253 g/mol. The van der Waals surface area contributed by atoms with Crippen LogP contribution in [-0.2, 0) is 0 Å². The van der Waals surface area contributed by atoms with Crippen molar-refractivity contribution in [2.45, 2.75) is 0 Å². The molecule has 0 amide bonds. The normalized spacial score (nSPS) is 10.1. The van der Waals surface area contributed by atoms with E-state index in [1.54, 1.807) is 30.3 Å². The monoisotopic (exact) mass is 252 g/mol. The fraction of sp³-hybridized carbons (Fsp3) is 0. The van der Waals surface area contributed by atoms with Crippen molar-refractivity contribution in [3.63, 3.8) is 0 Å². The van der Waals surface area contributed by atoms with Crippen LogP contribution in [0, 0.1) is 5.82 Å². The van der Waals surface area contributed by atoms with Gasteiger partial charge in [0.2, 0.25) is 0 Å². The molecule has 0 atom stereocenters. The Labute approximate surface area is 103 Å². The highest BCUT2D eigenvalue weighted by Gasteiger charge is 2.06. The van der Waals surface area contributed by atoms with Crippen LogP contribution in [0.2, 0.25) is 5.02 Å². The Morgan fingerprint density at radius 3 is 2.59 bits per heavy atom. The van der Waals surface area contributed by atoms with Gasteiger partial charge in [0.1, 0.15) is 11.6 Å². The summed E-state index contributed by atoms with van der Waals surface area (Å²) < 4.78 is 13.6. The summed E-state index contributed by atoms with van der Waals surface area (Å²) >= 11 is 5.67. The van der Waals surface area contributed by atoms with E-state index in [2.05, 4.69) is 15.7 Å². The minimum absolute atomic E-state index is 0.0584. The molecule has 2 rings (SSSR count). The summed E-state index contributed by atoms with van der Waals surface area (Å²) in [7, 11) is 0. The van der Waals surface area contributed by atoms with Crippen LogP contribution in [0.1, 0.15) is 0 Å². The predicted octanol–water partition coefficient (Wildman–Crippen LogP) is 2.90. The maximum atomic E-state index is 13.6. The van der Waals surface area contributed by atoms with Crippen LogP contribution >= 0.6 is 11.6 Å². The second-order valence-corrected chi connectivity index (χ2v) is 3.69. The molecule has 0 saturated carbocycles. The minimum atomic E-state index is -0.512. The van der Waals surface area contributed by atoms with Crippen LogP contribution in [0.4, 0.5) is 21.7 Å². The number of nitrogens with zero attached hydrogens (tertiary/aromatic N) is 1. The van der Waals surface area contributed by atoms with E-state index in [4.69, 9.17) is 17.4 Å². The number of anilines is 3. The standard InChI is InChI=1S/C11H10ClFN4/c12-7-3-1-4-8(11(7)13)15-9-5-2-6-10(16-9)17-14/h1-6H,14H2,(H2,15,16,17). The van der Waals surface area contributed by atoms with Crippen molar-refractivity contribution >= 4 is 28.9 Å². The lowest BCUT2D eigenvalue weighted by atomic mass is 10.3. The van der Waals surface area contributed by atoms with Gasteiger partial charge in [-0.2, -0.15) is 0 Å². The molecule has 0 saturated heterocycles. The van der Waals surface area contributed by atoms with Gasteiger partial charge in [-0.1, -0.05) is 23.7 Å². The van der Waals surface area contributed by atoms with Crippen molar-refractivity contribution < 1.29 is 4.39 Å². The maximum absolute atomic E-state index is 13.6. The van der Waals surface area contributed by atoms with Gasteiger partial charge in [-0.25, -0.2) is 15.2 Å². The Bertz CT molecular complexity index is 533. The van der Waals surface area contributed by atoms with Crippen molar-refractivity contribution in [2.75, 3.05) is 10.7 Å². The zero-order valence-corrected chi connectivity index (χ0v) is 9.50. The summed E-state index contributed by atoms with van der Waals surface area (Å²) in [6, 6.07) is 9.84. The molecule has 0 bridgehead atoms. The van der Waals surface area contributed by atoms with Gasteiger partial charge in [0.15, 0.2) is 5.82 Å². The van der Waals surface area contributed by atoms with Gasteiger partial charge >= 0.3 is 0 Å². The van der Waals surface area contributed by atoms with Crippen LogP contribution in [0.25, 0.3) is 0 Å². The van der Waals surface area contributed by atoms with Crippen LogP contribution in [0.15, 0.2) is 36.4 Å². The fourth-order valence-electron chi connectivity index (χ4n) is 1.32. The van der Waals surface area contributed by atoms with E-state index < -0.39 is 5.82 Å². The Balaban J connectivity index is 2.28. The van der Waals surface area contributed by atoms with Crippen LogP contribution in [0.5, 0.6) is 0 Å². The second kappa shape index (κ2) is 4.99. The molecule has 4 nitrogen and oxygen atoms in total. The molecule has 0 aliphatic rings. The number of aromatic nitrogens is 1. The second-order valence-electron chi connectivity index (χ2n) is 3.28. The summed E-state index contributed by atoms with van der Waals surface area (Å²) in [5.74, 6) is 5.68. The van der Waals surface area contributed by atoms with Crippen LogP contribution < -0.4 is 16.6 Å². The highest BCUT2D eigenvalue weighted by atomic mass is 35.5. The molecule has 0 aliphatic heterocycles. The topological polar surface area (TPSA) is 63.0 Å².